The molecule has 4 rings (SSSR count). The smallest absolute Gasteiger partial charge is 0.269 e. The van der Waals surface area contributed by atoms with E-state index in [1.807, 2.05) is 32.1 Å². The minimum atomic E-state index is -0.769. The summed E-state index contributed by atoms with van der Waals surface area (Å²) in [5.74, 6) is -1.57. The molecule has 8 nitrogen and oxygen atoms in total. The zero-order valence-corrected chi connectivity index (χ0v) is 18.7. The van der Waals surface area contributed by atoms with Gasteiger partial charge in [0.1, 0.15) is 17.4 Å². The van der Waals surface area contributed by atoms with Gasteiger partial charge < -0.3 is 5.32 Å². The maximum absolute atomic E-state index is 13.1. The highest BCUT2D eigenvalue weighted by molar-refractivity contribution is 6.43. The molecule has 1 N–H and O–H groups in total. The molecule has 1 amide bonds. The largest absolute Gasteiger partial charge is 0.351 e. The molecule has 0 saturated heterocycles. The monoisotopic (exact) mass is 453 g/mol. The number of halogens is 1. The number of amides is 1. The van der Waals surface area contributed by atoms with E-state index < -0.39 is 11.8 Å². The van der Waals surface area contributed by atoms with Crippen LogP contribution in [0.15, 0.2) is 35.5 Å². The molecule has 1 aliphatic heterocycles. The van der Waals surface area contributed by atoms with Gasteiger partial charge in [0.25, 0.3) is 5.91 Å². The van der Waals surface area contributed by atoms with Crippen LogP contribution in [0.4, 0.5) is 0 Å². The van der Waals surface area contributed by atoms with E-state index in [-0.39, 0.29) is 29.0 Å². The van der Waals surface area contributed by atoms with Crippen molar-refractivity contribution in [2.45, 2.75) is 39.0 Å². The molecule has 32 heavy (non-hydrogen) atoms. The third-order valence-corrected chi connectivity index (χ3v) is 6.09. The number of ketones is 2. The molecule has 2 aliphatic rings. The van der Waals surface area contributed by atoms with Crippen LogP contribution in [-0.4, -0.2) is 51.3 Å². The van der Waals surface area contributed by atoms with E-state index in [4.69, 9.17) is 11.6 Å². The van der Waals surface area contributed by atoms with Gasteiger partial charge in [0, 0.05) is 25.4 Å². The van der Waals surface area contributed by atoms with Gasteiger partial charge in [-0.05, 0) is 61.6 Å². The molecule has 2 unspecified atom stereocenters. The van der Waals surface area contributed by atoms with Crippen LogP contribution in [0, 0.1) is 19.8 Å². The third kappa shape index (κ3) is 4.41. The van der Waals surface area contributed by atoms with Gasteiger partial charge in [-0.1, -0.05) is 22.9 Å². The zero-order valence-electron chi connectivity index (χ0n) is 18.0. The van der Waals surface area contributed by atoms with Crippen LogP contribution in [0.3, 0.4) is 0 Å². The normalized spacial score (nSPS) is 20.5. The number of aliphatic imine (C=N–C) groups is 1. The predicted octanol–water partition coefficient (Wildman–Crippen LogP) is 2.69. The van der Waals surface area contributed by atoms with Gasteiger partial charge >= 0.3 is 0 Å². The fraction of sp³-hybridized carbons (Fsp3) is 0.391. The molecule has 2 aromatic rings. The SMILES string of the molecule is Cc1cc(-n2cc(Cl)nn2)cc(C)c1C1C(=O)CC(CCNC(=O)C2=NCCC=C2)C1=O. The average molecular weight is 454 g/mol. The van der Waals surface area contributed by atoms with Crippen molar-refractivity contribution in [2.24, 2.45) is 10.9 Å². The van der Waals surface area contributed by atoms with Crippen LogP contribution in [-0.2, 0) is 14.4 Å². The number of rotatable bonds is 6. The van der Waals surface area contributed by atoms with Crippen LogP contribution in [0.2, 0.25) is 5.15 Å². The Morgan fingerprint density at radius 1 is 1.25 bits per heavy atom. The Balaban J connectivity index is 1.45. The van der Waals surface area contributed by atoms with Gasteiger partial charge in [0.15, 0.2) is 10.9 Å². The van der Waals surface area contributed by atoms with Crippen LogP contribution in [0.25, 0.3) is 5.69 Å². The summed E-state index contributed by atoms with van der Waals surface area (Å²) in [6.45, 7) is 4.71. The third-order valence-electron chi connectivity index (χ3n) is 5.92. The minimum absolute atomic E-state index is 0.0753. The van der Waals surface area contributed by atoms with Crippen molar-refractivity contribution in [1.82, 2.24) is 20.3 Å². The quantitative estimate of drug-likeness (QED) is 0.677. The summed E-state index contributed by atoms with van der Waals surface area (Å²) < 4.78 is 1.56. The van der Waals surface area contributed by atoms with E-state index in [1.165, 1.54) is 0 Å². The highest BCUT2D eigenvalue weighted by atomic mass is 35.5. The molecule has 2 atom stereocenters. The molecular formula is C23H24ClN5O3. The summed E-state index contributed by atoms with van der Waals surface area (Å²) >= 11 is 5.86. The standard InChI is InChI=1S/C23H24ClN5O3/c1-13-9-16(29-12-19(24)27-28-29)10-14(2)20(13)21-18(30)11-15(22(21)31)6-8-26-23(32)17-5-3-4-7-25-17/h3,5,9-10,12,15,21H,4,6-8,11H2,1-2H3,(H,26,32). The number of dihydropyridines is 1. The Morgan fingerprint density at radius 2 is 2.00 bits per heavy atom. The number of carbonyl (C=O) groups excluding carboxylic acids is 3. The molecular weight excluding hydrogens is 430 g/mol. The first-order chi connectivity index (χ1) is 15.3. The van der Waals surface area contributed by atoms with Gasteiger partial charge in [0.2, 0.25) is 0 Å². The number of hydrogen-bond acceptors (Lipinski definition) is 6. The van der Waals surface area contributed by atoms with E-state index in [0.717, 1.165) is 28.8 Å². The van der Waals surface area contributed by atoms with Crippen molar-refractivity contribution >= 4 is 34.8 Å². The number of aromatic nitrogens is 3. The lowest BCUT2D eigenvalue weighted by Crippen LogP contribution is -2.33. The second-order valence-corrected chi connectivity index (χ2v) is 8.57. The summed E-state index contributed by atoms with van der Waals surface area (Å²) in [5.41, 5.74) is 3.61. The number of nitrogens with one attached hydrogen (secondary N) is 1. The summed E-state index contributed by atoms with van der Waals surface area (Å²) in [4.78, 5) is 42.3. The zero-order chi connectivity index (χ0) is 22.8. The first-order valence-corrected chi connectivity index (χ1v) is 11.0. The van der Waals surface area contributed by atoms with Crippen LogP contribution in [0.1, 0.15) is 41.9 Å². The van der Waals surface area contributed by atoms with Crippen LogP contribution >= 0.6 is 11.6 Å². The van der Waals surface area contributed by atoms with Crippen molar-refractivity contribution < 1.29 is 14.4 Å². The molecule has 166 valence electrons. The molecule has 1 aromatic carbocycles. The Kier molecular flexibility index (Phi) is 6.32. The Hall–Kier alpha value is -3.13. The first-order valence-electron chi connectivity index (χ1n) is 10.6. The lowest BCUT2D eigenvalue weighted by molar-refractivity contribution is -0.125. The highest BCUT2D eigenvalue weighted by Gasteiger charge is 2.42. The van der Waals surface area contributed by atoms with E-state index in [2.05, 4.69) is 20.6 Å². The summed E-state index contributed by atoms with van der Waals surface area (Å²) in [6, 6.07) is 3.75. The molecule has 1 aromatic heterocycles. The fourth-order valence-corrected chi connectivity index (χ4v) is 4.54. The molecule has 1 aliphatic carbocycles. The number of nitrogens with zero attached hydrogens (tertiary/aromatic N) is 4. The lowest BCUT2D eigenvalue weighted by atomic mass is 9.87. The van der Waals surface area contributed by atoms with Gasteiger partial charge in [0.05, 0.1) is 11.9 Å². The Morgan fingerprint density at radius 3 is 2.62 bits per heavy atom. The van der Waals surface area contributed by atoms with Crippen LogP contribution < -0.4 is 5.32 Å². The maximum Gasteiger partial charge on any atom is 0.269 e. The van der Waals surface area contributed by atoms with Crippen LogP contribution in [0.5, 0.6) is 0 Å². The first kappa shape index (κ1) is 22.1. The summed E-state index contributed by atoms with van der Waals surface area (Å²) in [6.07, 6.45) is 6.68. The molecule has 9 heteroatoms. The highest BCUT2D eigenvalue weighted by Crippen LogP contribution is 2.37. The maximum atomic E-state index is 13.1. The van der Waals surface area contributed by atoms with Gasteiger partial charge in [-0.15, -0.1) is 5.10 Å². The average Bonchev–Trinajstić information content (AvgIpc) is 3.32. The van der Waals surface area contributed by atoms with Gasteiger partial charge in [-0.25, -0.2) is 4.68 Å². The van der Waals surface area contributed by atoms with E-state index in [0.29, 0.717) is 25.2 Å². The summed E-state index contributed by atoms with van der Waals surface area (Å²) in [7, 11) is 0. The molecule has 0 spiro atoms. The van der Waals surface area contributed by atoms with E-state index in [9.17, 15) is 14.4 Å². The van der Waals surface area contributed by atoms with Crippen molar-refractivity contribution in [3.8, 4) is 5.69 Å². The Labute approximate surface area is 190 Å². The number of aryl methyl sites for hydroxylation is 2. The summed E-state index contributed by atoms with van der Waals surface area (Å²) in [5, 5.41) is 10.9. The van der Waals surface area contributed by atoms with Gasteiger partial charge in [-0.3, -0.25) is 19.4 Å². The van der Waals surface area contributed by atoms with Crippen molar-refractivity contribution in [3.05, 3.63) is 52.3 Å². The number of Topliss-reactive ketones (excluding diaryl/α,β-unsaturated/α-hetero) is 2. The molecule has 2 heterocycles. The second-order valence-electron chi connectivity index (χ2n) is 8.18. The predicted molar refractivity (Wildman–Crippen MR) is 120 cm³/mol. The van der Waals surface area contributed by atoms with E-state index >= 15 is 0 Å². The topological polar surface area (TPSA) is 106 Å². The number of hydrogen-bond donors (Lipinski definition) is 1. The van der Waals surface area contributed by atoms with Crippen molar-refractivity contribution in [2.75, 3.05) is 13.1 Å². The minimum Gasteiger partial charge on any atom is -0.351 e. The van der Waals surface area contributed by atoms with Crippen molar-refractivity contribution in [1.29, 1.82) is 0 Å². The number of carbonyl (C=O) groups is 3. The van der Waals surface area contributed by atoms with E-state index in [1.54, 1.807) is 17.0 Å². The number of benzene rings is 1. The molecule has 0 radical (unpaired) electrons. The fourth-order valence-electron chi connectivity index (χ4n) is 4.42. The lowest BCUT2D eigenvalue weighted by Gasteiger charge is -2.17. The van der Waals surface area contributed by atoms with Crippen molar-refractivity contribution in [3.63, 3.8) is 0 Å². The molecule has 1 fully saturated rings. The van der Waals surface area contributed by atoms with Gasteiger partial charge in [-0.2, -0.15) is 0 Å². The second kappa shape index (κ2) is 9.16. The Bertz CT molecular complexity index is 1130. The molecule has 1 saturated carbocycles. The molecule has 0 bridgehead atoms.